The quantitative estimate of drug-likeness (QED) is 0.521. The van der Waals surface area contributed by atoms with Crippen LogP contribution in [0, 0.1) is 0 Å². The second-order valence-electron chi connectivity index (χ2n) is 5.31. The van der Waals surface area contributed by atoms with E-state index in [1.54, 1.807) is 0 Å². The Morgan fingerprint density at radius 3 is 2.27 bits per heavy atom. The van der Waals surface area contributed by atoms with Crippen LogP contribution in [0.15, 0.2) is 75.6 Å². The van der Waals surface area contributed by atoms with E-state index in [9.17, 15) is 5.11 Å². The lowest BCUT2D eigenvalue weighted by Crippen LogP contribution is -1.98. The molecule has 2 nitrogen and oxygen atoms in total. The van der Waals surface area contributed by atoms with Crippen LogP contribution in [0.3, 0.4) is 0 Å². The minimum absolute atomic E-state index is 0.661. The molecule has 1 N–H and O–H groups in total. The van der Waals surface area contributed by atoms with Crippen LogP contribution in [0.4, 0.5) is 0 Å². The van der Waals surface area contributed by atoms with Crippen molar-refractivity contribution in [2.45, 2.75) is 6.10 Å². The Hall–Kier alpha value is -2.10. The van der Waals surface area contributed by atoms with Crippen LogP contribution in [-0.4, -0.2) is 5.11 Å². The summed E-state index contributed by atoms with van der Waals surface area (Å²) in [7, 11) is 0. The van der Waals surface area contributed by atoms with Crippen LogP contribution >= 0.6 is 15.9 Å². The number of furan rings is 1. The van der Waals surface area contributed by atoms with E-state index >= 15 is 0 Å². The van der Waals surface area contributed by atoms with Gasteiger partial charge in [-0.3, -0.25) is 0 Å². The molecule has 0 radical (unpaired) electrons. The van der Waals surface area contributed by atoms with E-state index in [0.29, 0.717) is 0 Å². The molecule has 1 aromatic heterocycles. The van der Waals surface area contributed by atoms with Crippen molar-refractivity contribution in [2.24, 2.45) is 0 Å². The molecule has 0 aliphatic heterocycles. The van der Waals surface area contributed by atoms with E-state index in [2.05, 4.69) is 15.9 Å². The molecule has 1 atom stereocenters. The largest absolute Gasteiger partial charge is 0.456 e. The number of hydrogen-bond acceptors (Lipinski definition) is 2. The molecule has 0 aliphatic carbocycles. The first-order valence-electron chi connectivity index (χ1n) is 7.07. The highest BCUT2D eigenvalue weighted by Gasteiger charge is 2.13. The summed E-state index contributed by atoms with van der Waals surface area (Å²) in [6.07, 6.45) is -0.661. The molecule has 4 aromatic rings. The Morgan fingerprint density at radius 2 is 1.45 bits per heavy atom. The third-order valence-electron chi connectivity index (χ3n) is 3.90. The SMILES string of the molecule is OC(c1ccc(Br)cc1)c1ccc2c(c1)oc1ccccc12. The fraction of sp³-hybridized carbons (Fsp3) is 0.0526. The Balaban J connectivity index is 1.81. The van der Waals surface area contributed by atoms with Crippen molar-refractivity contribution < 1.29 is 9.52 Å². The molecule has 4 rings (SSSR count). The summed E-state index contributed by atoms with van der Waals surface area (Å²) in [6, 6.07) is 21.5. The van der Waals surface area contributed by atoms with Gasteiger partial charge in [-0.15, -0.1) is 0 Å². The Bertz CT molecular complexity index is 954. The molecule has 0 aliphatic rings. The highest BCUT2D eigenvalue weighted by Crippen LogP contribution is 2.32. The highest BCUT2D eigenvalue weighted by atomic mass is 79.9. The molecule has 0 spiro atoms. The van der Waals surface area contributed by atoms with E-state index in [-0.39, 0.29) is 0 Å². The Labute approximate surface area is 136 Å². The molecule has 3 aromatic carbocycles. The van der Waals surface area contributed by atoms with E-state index < -0.39 is 6.10 Å². The first-order chi connectivity index (χ1) is 10.7. The normalized spacial score (nSPS) is 12.8. The van der Waals surface area contributed by atoms with Gasteiger partial charge in [0.05, 0.1) is 0 Å². The van der Waals surface area contributed by atoms with Gasteiger partial charge in [0.15, 0.2) is 0 Å². The van der Waals surface area contributed by atoms with Crippen LogP contribution in [0.5, 0.6) is 0 Å². The van der Waals surface area contributed by atoms with E-state index in [1.165, 1.54) is 0 Å². The lowest BCUT2D eigenvalue weighted by atomic mass is 10.0. The van der Waals surface area contributed by atoms with Crippen molar-refractivity contribution in [2.75, 3.05) is 0 Å². The monoisotopic (exact) mass is 352 g/mol. The van der Waals surface area contributed by atoms with Gasteiger partial charge in [0.2, 0.25) is 0 Å². The molecule has 108 valence electrons. The topological polar surface area (TPSA) is 33.4 Å². The van der Waals surface area contributed by atoms with Crippen LogP contribution in [0.25, 0.3) is 21.9 Å². The van der Waals surface area contributed by atoms with Gasteiger partial charge < -0.3 is 9.52 Å². The number of benzene rings is 3. The maximum absolute atomic E-state index is 10.6. The molecule has 0 fully saturated rings. The maximum Gasteiger partial charge on any atom is 0.135 e. The summed E-state index contributed by atoms with van der Waals surface area (Å²) in [5.41, 5.74) is 3.36. The molecule has 22 heavy (non-hydrogen) atoms. The van der Waals surface area contributed by atoms with Gasteiger partial charge in [0, 0.05) is 15.2 Å². The van der Waals surface area contributed by atoms with Gasteiger partial charge in [-0.2, -0.15) is 0 Å². The molecular formula is C19H13BrO2. The highest BCUT2D eigenvalue weighted by molar-refractivity contribution is 9.10. The summed E-state index contributed by atoms with van der Waals surface area (Å²) in [6.45, 7) is 0. The van der Waals surface area contributed by atoms with Crippen LogP contribution in [0.2, 0.25) is 0 Å². The fourth-order valence-electron chi connectivity index (χ4n) is 2.75. The van der Waals surface area contributed by atoms with E-state index in [4.69, 9.17) is 4.42 Å². The summed E-state index contributed by atoms with van der Waals surface area (Å²) >= 11 is 3.41. The van der Waals surface area contributed by atoms with Gasteiger partial charge in [-0.25, -0.2) is 0 Å². The zero-order chi connectivity index (χ0) is 15.1. The first kappa shape index (κ1) is 13.6. The molecular weight excluding hydrogens is 340 g/mol. The summed E-state index contributed by atoms with van der Waals surface area (Å²) in [5.74, 6) is 0. The van der Waals surface area contributed by atoms with Gasteiger partial charge >= 0.3 is 0 Å². The van der Waals surface area contributed by atoms with Crippen molar-refractivity contribution in [3.8, 4) is 0 Å². The zero-order valence-corrected chi connectivity index (χ0v) is 13.2. The molecule has 1 heterocycles. The fourth-order valence-corrected chi connectivity index (χ4v) is 3.01. The number of halogens is 1. The van der Waals surface area contributed by atoms with Gasteiger partial charge in [-0.05, 0) is 35.4 Å². The van der Waals surface area contributed by atoms with E-state index in [0.717, 1.165) is 37.5 Å². The van der Waals surface area contributed by atoms with Crippen LogP contribution in [-0.2, 0) is 0 Å². The van der Waals surface area contributed by atoms with Gasteiger partial charge in [-0.1, -0.05) is 58.4 Å². The van der Waals surface area contributed by atoms with Gasteiger partial charge in [0.1, 0.15) is 17.3 Å². The third-order valence-corrected chi connectivity index (χ3v) is 4.43. The van der Waals surface area contributed by atoms with Crippen LogP contribution in [0.1, 0.15) is 17.2 Å². The molecule has 0 saturated carbocycles. The Kier molecular flexibility index (Phi) is 3.25. The number of fused-ring (bicyclic) bond motifs is 3. The molecule has 3 heteroatoms. The van der Waals surface area contributed by atoms with Crippen molar-refractivity contribution >= 4 is 37.9 Å². The number of aliphatic hydroxyl groups excluding tert-OH is 1. The number of para-hydroxylation sites is 1. The van der Waals surface area contributed by atoms with Crippen molar-refractivity contribution in [3.05, 3.63) is 82.3 Å². The van der Waals surface area contributed by atoms with Crippen LogP contribution < -0.4 is 0 Å². The predicted octanol–water partition coefficient (Wildman–Crippen LogP) is 5.43. The first-order valence-corrected chi connectivity index (χ1v) is 7.86. The summed E-state index contributed by atoms with van der Waals surface area (Å²) in [5, 5.41) is 12.7. The average Bonchev–Trinajstić information content (AvgIpc) is 2.92. The summed E-state index contributed by atoms with van der Waals surface area (Å²) in [4.78, 5) is 0. The minimum Gasteiger partial charge on any atom is -0.456 e. The minimum atomic E-state index is -0.661. The molecule has 0 bridgehead atoms. The second-order valence-corrected chi connectivity index (χ2v) is 6.22. The number of aliphatic hydroxyl groups is 1. The zero-order valence-electron chi connectivity index (χ0n) is 11.7. The third kappa shape index (κ3) is 2.23. The Morgan fingerprint density at radius 1 is 0.773 bits per heavy atom. The second kappa shape index (κ2) is 5.27. The van der Waals surface area contributed by atoms with Crippen molar-refractivity contribution in [1.29, 1.82) is 0 Å². The lowest BCUT2D eigenvalue weighted by Gasteiger charge is -2.11. The molecule has 0 saturated heterocycles. The smallest absolute Gasteiger partial charge is 0.135 e. The number of rotatable bonds is 2. The standard InChI is InChI=1S/C19H13BrO2/c20-14-8-5-12(6-9-14)19(21)13-7-10-16-15-3-1-2-4-17(15)22-18(16)11-13/h1-11,19,21H. The lowest BCUT2D eigenvalue weighted by molar-refractivity contribution is 0.220. The number of hydrogen-bond donors (Lipinski definition) is 1. The molecule has 1 unspecified atom stereocenters. The predicted molar refractivity (Wildman–Crippen MR) is 91.9 cm³/mol. The molecule has 0 amide bonds. The van der Waals surface area contributed by atoms with E-state index in [1.807, 2.05) is 66.7 Å². The maximum atomic E-state index is 10.6. The summed E-state index contributed by atoms with van der Waals surface area (Å²) < 4.78 is 6.88. The van der Waals surface area contributed by atoms with Crippen molar-refractivity contribution in [3.63, 3.8) is 0 Å². The van der Waals surface area contributed by atoms with Crippen molar-refractivity contribution in [1.82, 2.24) is 0 Å². The average molecular weight is 353 g/mol. The van der Waals surface area contributed by atoms with Gasteiger partial charge in [0.25, 0.3) is 0 Å².